The molecule has 0 fully saturated rings. The van der Waals surface area contributed by atoms with Crippen molar-refractivity contribution in [3.63, 3.8) is 0 Å². The summed E-state index contributed by atoms with van der Waals surface area (Å²) in [5.74, 6) is -0.667. The monoisotopic (exact) mass is 360 g/mol. The van der Waals surface area contributed by atoms with Gasteiger partial charge in [0, 0.05) is 30.4 Å². The third-order valence-corrected chi connectivity index (χ3v) is 3.76. The molecule has 25 heavy (non-hydrogen) atoms. The predicted molar refractivity (Wildman–Crippen MR) is 99.6 cm³/mol. The molecular weight excluding hydrogens is 340 g/mol. The summed E-state index contributed by atoms with van der Waals surface area (Å²) in [4.78, 5) is 24.4. The Hall–Kier alpha value is -2.60. The molecule has 7 heteroatoms. The molecule has 0 spiro atoms. The number of hydrogen-bond donors (Lipinski definition) is 2. The minimum absolute atomic E-state index is 0.204. The molecule has 2 aromatic rings. The maximum absolute atomic E-state index is 12.2. The van der Waals surface area contributed by atoms with E-state index in [0.29, 0.717) is 23.8 Å². The van der Waals surface area contributed by atoms with Crippen molar-refractivity contribution < 1.29 is 9.59 Å². The second-order valence-electron chi connectivity index (χ2n) is 5.35. The number of carbonyl (C=O) groups is 2. The number of benzene rings is 1. The summed E-state index contributed by atoms with van der Waals surface area (Å²) in [6, 6.07) is 7.22. The number of aryl methyl sites for hydroxylation is 1. The van der Waals surface area contributed by atoms with Gasteiger partial charge in [0.15, 0.2) is 5.69 Å². The topological polar surface area (TPSA) is 76.0 Å². The van der Waals surface area contributed by atoms with Gasteiger partial charge in [-0.2, -0.15) is 5.10 Å². The lowest BCUT2D eigenvalue weighted by Crippen LogP contribution is -2.26. The molecule has 0 aliphatic heterocycles. The standard InChI is InChI=1S/C18H21ClN4O2/c1-3-11-20-18(25)17-15(12-23(4-2)22-17)21-16(24)10-9-13-7-5-6-8-14(13)19/h5-10,12H,3-4,11H2,1-2H3,(H,20,25)(H,21,24)/b10-9+. The predicted octanol–water partition coefficient (Wildman–Crippen LogP) is 3.35. The summed E-state index contributed by atoms with van der Waals surface area (Å²) in [6.07, 6.45) is 5.46. The van der Waals surface area contributed by atoms with Crippen molar-refractivity contribution in [2.24, 2.45) is 0 Å². The molecule has 6 nitrogen and oxygen atoms in total. The summed E-state index contributed by atoms with van der Waals surface area (Å²) < 4.78 is 1.61. The molecule has 2 rings (SSSR count). The van der Waals surface area contributed by atoms with Crippen LogP contribution in [0.2, 0.25) is 5.02 Å². The Kier molecular flexibility index (Phi) is 6.77. The van der Waals surface area contributed by atoms with E-state index in [1.807, 2.05) is 32.0 Å². The average molecular weight is 361 g/mol. The van der Waals surface area contributed by atoms with Crippen molar-refractivity contribution in [3.05, 3.63) is 52.8 Å². The highest BCUT2D eigenvalue weighted by atomic mass is 35.5. The highest BCUT2D eigenvalue weighted by Crippen LogP contribution is 2.17. The SMILES string of the molecule is CCCNC(=O)c1nn(CC)cc1NC(=O)/C=C/c1ccccc1Cl. The van der Waals surface area contributed by atoms with Gasteiger partial charge in [-0.05, 0) is 31.1 Å². The summed E-state index contributed by atoms with van der Waals surface area (Å²) in [7, 11) is 0. The van der Waals surface area contributed by atoms with Gasteiger partial charge in [0.2, 0.25) is 5.91 Å². The van der Waals surface area contributed by atoms with Gasteiger partial charge in [-0.3, -0.25) is 14.3 Å². The molecule has 0 bridgehead atoms. The van der Waals surface area contributed by atoms with Gasteiger partial charge in [0.05, 0.1) is 5.69 Å². The van der Waals surface area contributed by atoms with E-state index in [1.54, 1.807) is 23.0 Å². The Morgan fingerprint density at radius 1 is 1.28 bits per heavy atom. The Labute approximate surface area is 151 Å². The fraction of sp³-hybridized carbons (Fsp3) is 0.278. The molecule has 0 aliphatic carbocycles. The van der Waals surface area contributed by atoms with Gasteiger partial charge >= 0.3 is 0 Å². The first kappa shape index (κ1) is 18.7. The van der Waals surface area contributed by atoms with Crippen LogP contribution in [0.4, 0.5) is 5.69 Å². The minimum atomic E-state index is -0.361. The average Bonchev–Trinajstić information content (AvgIpc) is 3.02. The lowest BCUT2D eigenvalue weighted by molar-refractivity contribution is -0.111. The first-order chi connectivity index (χ1) is 12.0. The molecule has 0 aliphatic rings. The molecular formula is C18H21ClN4O2. The summed E-state index contributed by atoms with van der Waals surface area (Å²) in [5, 5.41) is 10.2. The van der Waals surface area contributed by atoms with Crippen LogP contribution in [0, 0.1) is 0 Å². The van der Waals surface area contributed by atoms with E-state index >= 15 is 0 Å². The van der Waals surface area contributed by atoms with Crippen LogP contribution in [0.5, 0.6) is 0 Å². The van der Waals surface area contributed by atoms with Gasteiger partial charge in [0.25, 0.3) is 5.91 Å². The van der Waals surface area contributed by atoms with Crippen LogP contribution in [0.15, 0.2) is 36.5 Å². The van der Waals surface area contributed by atoms with Crippen LogP contribution in [-0.4, -0.2) is 28.1 Å². The van der Waals surface area contributed by atoms with E-state index < -0.39 is 0 Å². The Morgan fingerprint density at radius 3 is 2.72 bits per heavy atom. The van der Waals surface area contributed by atoms with Gasteiger partial charge in [0.1, 0.15) is 0 Å². The lowest BCUT2D eigenvalue weighted by Gasteiger charge is -2.04. The number of anilines is 1. The first-order valence-corrected chi connectivity index (χ1v) is 8.52. The zero-order chi connectivity index (χ0) is 18.2. The van der Waals surface area contributed by atoms with Crippen molar-refractivity contribution >= 4 is 35.2 Å². The Balaban J connectivity index is 2.13. The number of halogens is 1. The zero-order valence-corrected chi connectivity index (χ0v) is 15.0. The van der Waals surface area contributed by atoms with Crippen molar-refractivity contribution in [2.75, 3.05) is 11.9 Å². The third-order valence-electron chi connectivity index (χ3n) is 3.41. The number of aromatic nitrogens is 2. The van der Waals surface area contributed by atoms with Crippen molar-refractivity contribution in [1.29, 1.82) is 0 Å². The summed E-state index contributed by atoms with van der Waals surface area (Å²) in [5.41, 5.74) is 1.32. The first-order valence-electron chi connectivity index (χ1n) is 8.14. The molecule has 0 atom stereocenters. The lowest BCUT2D eigenvalue weighted by atomic mass is 10.2. The van der Waals surface area contributed by atoms with Gasteiger partial charge < -0.3 is 10.6 Å². The van der Waals surface area contributed by atoms with Crippen LogP contribution in [-0.2, 0) is 11.3 Å². The molecule has 1 heterocycles. The number of nitrogens with zero attached hydrogens (tertiary/aromatic N) is 2. The molecule has 0 saturated carbocycles. The summed E-state index contributed by atoms with van der Waals surface area (Å²) in [6.45, 7) is 5.02. The number of carbonyl (C=O) groups excluding carboxylic acids is 2. The molecule has 1 aromatic heterocycles. The molecule has 1 aromatic carbocycles. The highest BCUT2D eigenvalue weighted by Gasteiger charge is 2.17. The fourth-order valence-electron chi connectivity index (χ4n) is 2.11. The smallest absolute Gasteiger partial charge is 0.273 e. The number of nitrogens with one attached hydrogen (secondary N) is 2. The van der Waals surface area contributed by atoms with E-state index in [9.17, 15) is 9.59 Å². The zero-order valence-electron chi connectivity index (χ0n) is 14.3. The second kappa shape index (κ2) is 9.03. The fourth-order valence-corrected chi connectivity index (χ4v) is 2.31. The van der Waals surface area contributed by atoms with E-state index in [1.165, 1.54) is 6.08 Å². The van der Waals surface area contributed by atoms with Crippen molar-refractivity contribution in [2.45, 2.75) is 26.8 Å². The molecule has 0 unspecified atom stereocenters. The van der Waals surface area contributed by atoms with Gasteiger partial charge in [-0.1, -0.05) is 36.7 Å². The van der Waals surface area contributed by atoms with Gasteiger partial charge in [-0.25, -0.2) is 0 Å². The van der Waals surface area contributed by atoms with Crippen molar-refractivity contribution in [3.8, 4) is 0 Å². The minimum Gasteiger partial charge on any atom is -0.351 e. The molecule has 132 valence electrons. The largest absolute Gasteiger partial charge is 0.351 e. The van der Waals surface area contributed by atoms with Crippen LogP contribution < -0.4 is 10.6 Å². The van der Waals surface area contributed by atoms with E-state index in [0.717, 1.165) is 12.0 Å². The Morgan fingerprint density at radius 2 is 2.04 bits per heavy atom. The van der Waals surface area contributed by atoms with E-state index in [4.69, 9.17) is 11.6 Å². The van der Waals surface area contributed by atoms with Crippen LogP contribution >= 0.6 is 11.6 Å². The number of rotatable bonds is 7. The molecule has 2 amide bonds. The van der Waals surface area contributed by atoms with Crippen molar-refractivity contribution in [1.82, 2.24) is 15.1 Å². The van der Waals surface area contributed by atoms with Crippen LogP contribution in [0.3, 0.4) is 0 Å². The molecule has 0 saturated heterocycles. The number of hydrogen-bond acceptors (Lipinski definition) is 3. The maximum Gasteiger partial charge on any atom is 0.273 e. The van der Waals surface area contributed by atoms with E-state index in [2.05, 4.69) is 15.7 Å². The van der Waals surface area contributed by atoms with Gasteiger partial charge in [-0.15, -0.1) is 0 Å². The molecule has 2 N–H and O–H groups in total. The quantitative estimate of drug-likeness (QED) is 0.743. The Bertz CT molecular complexity index is 783. The van der Waals surface area contributed by atoms with Crippen LogP contribution in [0.25, 0.3) is 6.08 Å². The van der Waals surface area contributed by atoms with Crippen LogP contribution in [0.1, 0.15) is 36.3 Å². The normalized spacial score (nSPS) is 10.8. The maximum atomic E-state index is 12.2. The molecule has 0 radical (unpaired) electrons. The van der Waals surface area contributed by atoms with E-state index in [-0.39, 0.29) is 17.5 Å². The second-order valence-corrected chi connectivity index (χ2v) is 5.75. The highest BCUT2D eigenvalue weighted by molar-refractivity contribution is 6.32. The number of amides is 2. The third kappa shape index (κ3) is 5.19. The summed E-state index contributed by atoms with van der Waals surface area (Å²) >= 11 is 6.06.